The van der Waals surface area contributed by atoms with Gasteiger partial charge in [0.05, 0.1) is 15.1 Å². The minimum Gasteiger partial charge on any atom is -0.396 e. The van der Waals surface area contributed by atoms with Crippen molar-refractivity contribution in [3.63, 3.8) is 0 Å². The second-order valence-electron chi connectivity index (χ2n) is 4.08. The molecule has 0 saturated heterocycles. The zero-order valence-corrected chi connectivity index (χ0v) is 13.9. The van der Waals surface area contributed by atoms with Crippen molar-refractivity contribution in [1.29, 1.82) is 0 Å². The van der Waals surface area contributed by atoms with Crippen LogP contribution >= 0.6 is 47.0 Å². The number of rotatable bonds is 8. The molecule has 19 heavy (non-hydrogen) atoms. The highest BCUT2D eigenvalue weighted by Crippen LogP contribution is 2.53. The van der Waals surface area contributed by atoms with Crippen molar-refractivity contribution in [1.82, 2.24) is 0 Å². The van der Waals surface area contributed by atoms with Gasteiger partial charge in [0.15, 0.2) is 0 Å². The van der Waals surface area contributed by atoms with Gasteiger partial charge in [0.25, 0.3) is 0 Å². The van der Waals surface area contributed by atoms with Crippen molar-refractivity contribution in [3.05, 3.63) is 29.6 Å². The van der Waals surface area contributed by atoms with E-state index >= 15 is 0 Å². The van der Waals surface area contributed by atoms with Crippen LogP contribution < -0.4 is 0 Å². The summed E-state index contributed by atoms with van der Waals surface area (Å²) in [5.41, 5.74) is 0. The van der Waals surface area contributed by atoms with Gasteiger partial charge in [-0.3, -0.25) is 0 Å². The van der Waals surface area contributed by atoms with Gasteiger partial charge in [-0.1, -0.05) is 59.9 Å². The number of aliphatic hydroxyl groups is 1. The minimum atomic E-state index is 0.309. The molecule has 106 valence electrons. The third-order valence-electron chi connectivity index (χ3n) is 2.53. The number of hydrogen-bond donors (Lipinski definition) is 1. The molecule has 0 spiro atoms. The Morgan fingerprint density at radius 3 is 2.53 bits per heavy atom. The van der Waals surface area contributed by atoms with Crippen LogP contribution in [0.15, 0.2) is 29.6 Å². The number of aliphatic hydroxyl groups excluding tert-OH is 1. The lowest BCUT2D eigenvalue weighted by atomic mass is 10.2. The normalized spacial score (nSPS) is 18.5. The first-order valence-corrected chi connectivity index (χ1v) is 9.80. The van der Waals surface area contributed by atoms with Crippen LogP contribution in [-0.2, 0) is 4.74 Å². The molecule has 0 unspecified atom stereocenters. The van der Waals surface area contributed by atoms with Crippen LogP contribution in [0.4, 0.5) is 0 Å². The van der Waals surface area contributed by atoms with Gasteiger partial charge in [-0.15, -0.1) is 0 Å². The van der Waals surface area contributed by atoms with E-state index in [4.69, 9.17) is 9.84 Å². The third kappa shape index (κ3) is 5.81. The standard InChI is InChI=1S/C13H18O2S4/c14-5-3-1-2-4-6-15-9-11-10-18-13(19-11)12-16-7-8-17-12/h7-8,10,14H,1-6,9H2. The molecule has 2 rings (SSSR count). The average Bonchev–Trinajstić information content (AvgIpc) is 3.08. The molecule has 0 saturated carbocycles. The Bertz CT molecular complexity index is 367. The number of thioether (sulfide) groups is 4. The maximum Gasteiger partial charge on any atom is 0.0784 e. The predicted molar refractivity (Wildman–Crippen MR) is 91.0 cm³/mol. The summed E-state index contributed by atoms with van der Waals surface area (Å²) < 4.78 is 8.48. The first-order valence-electron chi connectivity index (χ1n) is 6.35. The molecule has 0 aromatic heterocycles. The van der Waals surface area contributed by atoms with E-state index in [2.05, 4.69) is 16.2 Å². The Labute approximate surface area is 131 Å². The topological polar surface area (TPSA) is 29.5 Å². The Hall–Kier alpha value is 0.540. The van der Waals surface area contributed by atoms with E-state index in [1.54, 1.807) is 0 Å². The fourth-order valence-electron chi connectivity index (χ4n) is 1.59. The van der Waals surface area contributed by atoms with Crippen molar-refractivity contribution in [3.8, 4) is 0 Å². The number of unbranched alkanes of at least 4 members (excludes halogenated alkanes) is 3. The predicted octanol–water partition coefficient (Wildman–Crippen LogP) is 4.95. The maximum atomic E-state index is 8.67. The van der Waals surface area contributed by atoms with Crippen molar-refractivity contribution >= 4 is 47.0 Å². The van der Waals surface area contributed by atoms with Crippen LogP contribution in [0.5, 0.6) is 0 Å². The van der Waals surface area contributed by atoms with Gasteiger partial charge in [-0.05, 0) is 29.1 Å². The van der Waals surface area contributed by atoms with Gasteiger partial charge >= 0.3 is 0 Å². The lowest BCUT2D eigenvalue weighted by molar-refractivity contribution is 0.154. The quantitative estimate of drug-likeness (QED) is 0.631. The summed E-state index contributed by atoms with van der Waals surface area (Å²) >= 11 is 7.27. The van der Waals surface area contributed by atoms with Gasteiger partial charge in [0, 0.05) is 18.1 Å². The second kappa shape index (κ2) is 9.47. The van der Waals surface area contributed by atoms with Crippen LogP contribution in [-0.4, -0.2) is 24.9 Å². The van der Waals surface area contributed by atoms with Gasteiger partial charge in [-0.25, -0.2) is 0 Å². The van der Waals surface area contributed by atoms with Crippen molar-refractivity contribution in [2.75, 3.05) is 19.8 Å². The lowest BCUT2D eigenvalue weighted by Crippen LogP contribution is -1.97. The molecule has 6 heteroatoms. The summed E-state index contributed by atoms with van der Waals surface area (Å²) in [6, 6.07) is 0. The molecule has 0 amide bonds. The van der Waals surface area contributed by atoms with E-state index in [0.717, 1.165) is 38.9 Å². The average molecular weight is 335 g/mol. The van der Waals surface area contributed by atoms with Crippen LogP contribution in [0.2, 0.25) is 0 Å². The largest absolute Gasteiger partial charge is 0.396 e. The lowest BCUT2D eigenvalue weighted by Gasteiger charge is -2.05. The van der Waals surface area contributed by atoms with E-state index in [0.29, 0.717) is 6.61 Å². The van der Waals surface area contributed by atoms with Crippen molar-refractivity contribution in [2.45, 2.75) is 25.7 Å². The molecule has 0 atom stereocenters. The molecule has 0 radical (unpaired) electrons. The van der Waals surface area contributed by atoms with Crippen LogP contribution in [0.3, 0.4) is 0 Å². The van der Waals surface area contributed by atoms with Gasteiger partial charge < -0.3 is 9.84 Å². The van der Waals surface area contributed by atoms with E-state index in [-0.39, 0.29) is 0 Å². The second-order valence-corrected chi connectivity index (χ2v) is 8.44. The molecule has 0 aromatic carbocycles. The number of ether oxygens (including phenoxy) is 1. The Balaban J connectivity index is 1.54. The summed E-state index contributed by atoms with van der Waals surface area (Å²) in [4.78, 5) is 1.32. The monoisotopic (exact) mass is 334 g/mol. The van der Waals surface area contributed by atoms with Crippen LogP contribution in [0.25, 0.3) is 0 Å². The van der Waals surface area contributed by atoms with E-state index in [1.807, 2.05) is 47.0 Å². The molecule has 0 fully saturated rings. The highest BCUT2D eigenvalue weighted by atomic mass is 32.2. The SMILES string of the molecule is OCCCCCCOCC1=CSC(=C2SC=CS2)S1. The smallest absolute Gasteiger partial charge is 0.0784 e. The highest BCUT2D eigenvalue weighted by molar-refractivity contribution is 8.33. The molecule has 2 aliphatic rings. The summed E-state index contributed by atoms with van der Waals surface area (Å²) in [7, 11) is 0. The first kappa shape index (κ1) is 15.9. The molecular weight excluding hydrogens is 316 g/mol. The Kier molecular flexibility index (Phi) is 7.94. The van der Waals surface area contributed by atoms with Crippen molar-refractivity contribution < 1.29 is 9.84 Å². The molecule has 0 aliphatic carbocycles. The number of hydrogen-bond acceptors (Lipinski definition) is 6. The first-order chi connectivity index (χ1) is 9.40. The zero-order valence-electron chi connectivity index (χ0n) is 10.7. The van der Waals surface area contributed by atoms with Crippen LogP contribution in [0, 0.1) is 0 Å². The molecule has 1 N–H and O–H groups in total. The molecule has 0 aromatic rings. The summed E-state index contributed by atoms with van der Waals surface area (Å²) in [5.74, 6) is 0. The van der Waals surface area contributed by atoms with Gasteiger partial charge in [0.1, 0.15) is 0 Å². The summed E-state index contributed by atoms with van der Waals surface area (Å²) in [6.07, 6.45) is 4.26. The molecule has 0 bridgehead atoms. The molecular formula is C13H18O2S4. The maximum absolute atomic E-state index is 8.67. The minimum absolute atomic E-state index is 0.309. The Morgan fingerprint density at radius 1 is 0.947 bits per heavy atom. The third-order valence-corrected chi connectivity index (χ3v) is 7.58. The van der Waals surface area contributed by atoms with Crippen molar-refractivity contribution in [2.24, 2.45) is 0 Å². The van der Waals surface area contributed by atoms with Gasteiger partial charge in [0.2, 0.25) is 0 Å². The highest BCUT2D eigenvalue weighted by Gasteiger charge is 2.18. The van der Waals surface area contributed by atoms with Gasteiger partial charge in [-0.2, -0.15) is 0 Å². The molecule has 2 aliphatic heterocycles. The van der Waals surface area contributed by atoms with E-state index in [1.165, 1.54) is 13.4 Å². The molecule has 2 nitrogen and oxygen atoms in total. The fraction of sp³-hybridized carbons (Fsp3) is 0.538. The fourth-order valence-corrected chi connectivity index (χ4v) is 6.00. The van der Waals surface area contributed by atoms with Crippen LogP contribution in [0.1, 0.15) is 25.7 Å². The summed E-state index contributed by atoms with van der Waals surface area (Å²) in [5, 5.41) is 15.1. The van der Waals surface area contributed by atoms with E-state index < -0.39 is 0 Å². The summed E-state index contributed by atoms with van der Waals surface area (Å²) in [6.45, 7) is 1.87. The Morgan fingerprint density at radius 2 is 1.74 bits per heavy atom. The van der Waals surface area contributed by atoms with E-state index in [9.17, 15) is 0 Å². The molecule has 2 heterocycles. The zero-order chi connectivity index (χ0) is 13.3.